The average molecular weight is 314 g/mol. The minimum atomic E-state index is -0.198. The van der Waals surface area contributed by atoms with E-state index < -0.39 is 0 Å². The largest absolute Gasteiger partial charge is 0.393 e. The van der Waals surface area contributed by atoms with Crippen molar-refractivity contribution in [2.24, 2.45) is 34.5 Å². The molecular formula is C20H26O3. The lowest BCUT2D eigenvalue weighted by molar-refractivity contribution is -0.116. The Labute approximate surface area is 137 Å². The number of fused-ring (bicyclic) bond motifs is 5. The third-order valence-corrected chi connectivity index (χ3v) is 7.76. The molecule has 0 aromatic carbocycles. The van der Waals surface area contributed by atoms with E-state index in [4.69, 9.17) is 0 Å². The molecule has 0 aliphatic heterocycles. The number of hydrogen-bond donors (Lipinski definition) is 1. The summed E-state index contributed by atoms with van der Waals surface area (Å²) in [5.74, 6) is 1.33. The van der Waals surface area contributed by atoms with Gasteiger partial charge in [0, 0.05) is 11.3 Å². The second-order valence-electron chi connectivity index (χ2n) is 8.61. The van der Waals surface area contributed by atoms with Gasteiger partial charge in [-0.05, 0) is 73.0 Å². The molecule has 0 radical (unpaired) electrons. The fourth-order valence-corrected chi connectivity index (χ4v) is 6.43. The maximum absolute atomic E-state index is 11.8. The first kappa shape index (κ1) is 15.3. The quantitative estimate of drug-likeness (QED) is 0.757. The van der Waals surface area contributed by atoms with Gasteiger partial charge in [-0.2, -0.15) is 0 Å². The van der Waals surface area contributed by atoms with Crippen LogP contribution in [0.3, 0.4) is 0 Å². The summed E-state index contributed by atoms with van der Waals surface area (Å²) < 4.78 is 0. The van der Waals surface area contributed by atoms with Crippen LogP contribution in [0.4, 0.5) is 0 Å². The third kappa shape index (κ3) is 1.92. The van der Waals surface area contributed by atoms with Crippen LogP contribution in [0.2, 0.25) is 0 Å². The van der Waals surface area contributed by atoms with Gasteiger partial charge in [0.15, 0.2) is 5.78 Å². The summed E-state index contributed by atoms with van der Waals surface area (Å²) in [7, 11) is 0. The van der Waals surface area contributed by atoms with Crippen LogP contribution in [0.1, 0.15) is 46.0 Å². The minimum Gasteiger partial charge on any atom is -0.393 e. The molecule has 0 unspecified atom stereocenters. The third-order valence-electron chi connectivity index (χ3n) is 7.76. The zero-order valence-corrected chi connectivity index (χ0v) is 14.0. The summed E-state index contributed by atoms with van der Waals surface area (Å²) in [5.41, 5.74) is 0.876. The monoisotopic (exact) mass is 314 g/mol. The zero-order valence-electron chi connectivity index (χ0n) is 14.0. The Kier molecular flexibility index (Phi) is 3.26. The van der Waals surface area contributed by atoms with Gasteiger partial charge in [0.05, 0.1) is 6.10 Å². The van der Waals surface area contributed by atoms with Crippen LogP contribution in [0.15, 0.2) is 23.8 Å². The zero-order chi connectivity index (χ0) is 16.4. The Hall–Kier alpha value is -1.22. The Morgan fingerprint density at radius 2 is 2.00 bits per heavy atom. The molecule has 4 aliphatic carbocycles. The van der Waals surface area contributed by atoms with E-state index in [1.807, 2.05) is 0 Å². The number of hydrogen-bond acceptors (Lipinski definition) is 3. The molecule has 7 atom stereocenters. The Balaban J connectivity index is 1.77. The van der Waals surface area contributed by atoms with Crippen LogP contribution in [0, 0.1) is 34.5 Å². The maximum Gasteiger partial charge on any atom is 0.178 e. The average Bonchev–Trinajstić information content (AvgIpc) is 2.83. The highest BCUT2D eigenvalue weighted by Crippen LogP contribution is 2.65. The van der Waals surface area contributed by atoms with Gasteiger partial charge in [0.1, 0.15) is 6.29 Å². The highest BCUT2D eigenvalue weighted by molar-refractivity contribution is 6.01. The standard InChI is InChI=1S/C20H26O3/c1-19-7-5-13(22)10-17(19)12(11-21)9-14-15-3-4-18(23)20(15,2)8-6-16(14)19/h5,7,10-12,14-16,18,23H,3-4,6,8-9H2,1-2H3/t12-,14-,15-,16-,18-,19+,20-/m0/s1. The normalized spacial score (nSPS) is 51.5. The molecule has 23 heavy (non-hydrogen) atoms. The van der Waals surface area contributed by atoms with Crippen LogP contribution >= 0.6 is 0 Å². The number of ketones is 1. The number of allylic oxidation sites excluding steroid dienone is 4. The van der Waals surface area contributed by atoms with Crippen molar-refractivity contribution in [1.29, 1.82) is 0 Å². The summed E-state index contributed by atoms with van der Waals surface area (Å²) in [6.07, 6.45) is 11.3. The first-order valence-corrected chi connectivity index (χ1v) is 8.99. The van der Waals surface area contributed by atoms with Crippen LogP contribution in [-0.2, 0) is 9.59 Å². The van der Waals surface area contributed by atoms with Gasteiger partial charge in [-0.3, -0.25) is 4.79 Å². The molecule has 0 aromatic rings. The van der Waals surface area contributed by atoms with Crippen molar-refractivity contribution in [3.63, 3.8) is 0 Å². The van der Waals surface area contributed by atoms with Crippen molar-refractivity contribution in [3.8, 4) is 0 Å². The lowest BCUT2D eigenvalue weighted by Gasteiger charge is -2.57. The summed E-state index contributed by atoms with van der Waals surface area (Å²) >= 11 is 0. The summed E-state index contributed by atoms with van der Waals surface area (Å²) in [6, 6.07) is 0. The smallest absolute Gasteiger partial charge is 0.178 e. The van der Waals surface area contributed by atoms with E-state index in [-0.39, 0.29) is 28.6 Å². The lowest BCUT2D eigenvalue weighted by atomic mass is 9.46. The number of carbonyl (C=O) groups excluding carboxylic acids is 2. The van der Waals surface area contributed by atoms with Crippen molar-refractivity contribution in [2.75, 3.05) is 0 Å². The molecule has 1 N–H and O–H groups in total. The van der Waals surface area contributed by atoms with Crippen molar-refractivity contribution in [2.45, 2.75) is 52.1 Å². The first-order chi connectivity index (χ1) is 10.9. The molecular weight excluding hydrogens is 288 g/mol. The van der Waals surface area contributed by atoms with Crippen LogP contribution in [-0.4, -0.2) is 23.3 Å². The van der Waals surface area contributed by atoms with E-state index >= 15 is 0 Å². The van der Waals surface area contributed by atoms with Gasteiger partial charge in [-0.25, -0.2) is 0 Å². The molecule has 0 saturated heterocycles. The van der Waals surface area contributed by atoms with Crippen LogP contribution in [0.5, 0.6) is 0 Å². The topological polar surface area (TPSA) is 54.4 Å². The molecule has 3 heteroatoms. The van der Waals surface area contributed by atoms with E-state index in [1.54, 1.807) is 12.2 Å². The number of aliphatic hydroxyl groups excluding tert-OH is 1. The highest BCUT2D eigenvalue weighted by atomic mass is 16.3. The Bertz CT molecular complexity index is 618. The highest BCUT2D eigenvalue weighted by Gasteiger charge is 2.59. The van der Waals surface area contributed by atoms with E-state index in [9.17, 15) is 14.7 Å². The predicted molar refractivity (Wildman–Crippen MR) is 87.6 cm³/mol. The Morgan fingerprint density at radius 1 is 1.22 bits per heavy atom. The molecule has 0 spiro atoms. The summed E-state index contributed by atoms with van der Waals surface area (Å²) in [4.78, 5) is 23.6. The van der Waals surface area contributed by atoms with Crippen molar-refractivity contribution >= 4 is 12.1 Å². The van der Waals surface area contributed by atoms with Crippen molar-refractivity contribution in [1.82, 2.24) is 0 Å². The van der Waals surface area contributed by atoms with E-state index in [0.29, 0.717) is 17.8 Å². The number of rotatable bonds is 1. The van der Waals surface area contributed by atoms with Gasteiger partial charge < -0.3 is 9.90 Å². The fourth-order valence-electron chi connectivity index (χ4n) is 6.43. The molecule has 124 valence electrons. The summed E-state index contributed by atoms with van der Waals surface area (Å²) in [5, 5.41) is 10.5. The van der Waals surface area contributed by atoms with Gasteiger partial charge >= 0.3 is 0 Å². The molecule has 0 aromatic heterocycles. The molecule has 3 saturated carbocycles. The maximum atomic E-state index is 11.8. The molecule has 4 aliphatic rings. The fraction of sp³-hybridized carbons (Fsp3) is 0.700. The van der Waals surface area contributed by atoms with Crippen LogP contribution < -0.4 is 0 Å². The van der Waals surface area contributed by atoms with Crippen molar-refractivity contribution in [3.05, 3.63) is 23.8 Å². The van der Waals surface area contributed by atoms with Gasteiger partial charge in [0.2, 0.25) is 0 Å². The SMILES string of the molecule is C[C@]12CC[C@H]3[C@@H](C[C@@H](C=O)C4=CC(=O)C=C[C@@]43C)[C@@H]1CC[C@@H]2O. The minimum absolute atomic E-state index is 0.0136. The van der Waals surface area contributed by atoms with E-state index in [1.165, 1.54) is 0 Å². The Morgan fingerprint density at radius 3 is 2.74 bits per heavy atom. The molecule has 0 heterocycles. The number of aldehydes is 1. The predicted octanol–water partition coefficient (Wildman–Crippen LogP) is 3.08. The first-order valence-electron chi connectivity index (χ1n) is 8.99. The second-order valence-corrected chi connectivity index (χ2v) is 8.61. The van der Waals surface area contributed by atoms with Crippen molar-refractivity contribution < 1.29 is 14.7 Å². The molecule has 0 bridgehead atoms. The van der Waals surface area contributed by atoms with E-state index in [0.717, 1.165) is 44.0 Å². The van der Waals surface area contributed by atoms with Gasteiger partial charge in [-0.1, -0.05) is 19.9 Å². The lowest BCUT2D eigenvalue weighted by Crippen LogP contribution is -2.52. The number of carbonyl (C=O) groups is 2. The molecule has 4 rings (SSSR count). The molecule has 3 fully saturated rings. The second kappa shape index (κ2) is 4.89. The molecule has 3 nitrogen and oxygen atoms in total. The molecule has 0 amide bonds. The van der Waals surface area contributed by atoms with Gasteiger partial charge in [-0.15, -0.1) is 0 Å². The summed E-state index contributed by atoms with van der Waals surface area (Å²) in [6.45, 7) is 4.46. The number of aliphatic hydroxyl groups is 1. The van der Waals surface area contributed by atoms with E-state index in [2.05, 4.69) is 19.9 Å². The van der Waals surface area contributed by atoms with Gasteiger partial charge in [0.25, 0.3) is 0 Å². The van der Waals surface area contributed by atoms with Crippen LogP contribution in [0.25, 0.3) is 0 Å².